The number of hydrogen-bond acceptors (Lipinski definition) is 4. The Kier molecular flexibility index (Phi) is 8.37. The molecule has 3 N–H and O–H groups in total. The van der Waals surface area contributed by atoms with Gasteiger partial charge in [0.25, 0.3) is 0 Å². The normalized spacial score (nSPS) is 15.3. The Morgan fingerprint density at radius 2 is 2.07 bits per heavy atom. The summed E-state index contributed by atoms with van der Waals surface area (Å²) in [5.41, 5.74) is 2.17. The average molecular weight is 397 g/mol. The lowest BCUT2D eigenvalue weighted by Crippen LogP contribution is -2.41. The van der Waals surface area contributed by atoms with Crippen LogP contribution in [-0.4, -0.2) is 46.9 Å². The number of hydrogen-bond donors (Lipinski definition) is 3. The number of rotatable bonds is 10. The summed E-state index contributed by atoms with van der Waals surface area (Å²) in [5.74, 6) is 1.95. The van der Waals surface area contributed by atoms with Crippen LogP contribution >= 0.6 is 0 Å². The molecular weight excluding hydrogens is 364 g/mol. The molecule has 1 saturated carbocycles. The Morgan fingerprint density at radius 3 is 2.70 bits per heavy atom. The molecule has 0 aromatic heterocycles. The van der Waals surface area contributed by atoms with Crippen LogP contribution in [0.25, 0.3) is 0 Å². The van der Waals surface area contributed by atoms with Crippen molar-refractivity contribution in [2.24, 2.45) is 10.9 Å². The van der Waals surface area contributed by atoms with Crippen molar-refractivity contribution in [2.45, 2.75) is 39.7 Å². The molecule has 1 aromatic rings. The molecular formula is C19H32N4O3S. The number of aryl methyl sites for hydroxylation is 1. The van der Waals surface area contributed by atoms with Gasteiger partial charge in [0.15, 0.2) is 5.96 Å². The first-order chi connectivity index (χ1) is 12.9. The van der Waals surface area contributed by atoms with E-state index in [0.29, 0.717) is 38.1 Å². The summed E-state index contributed by atoms with van der Waals surface area (Å²) < 4.78 is 32.5. The van der Waals surface area contributed by atoms with E-state index < -0.39 is 10.0 Å². The Balaban J connectivity index is 1.77. The Morgan fingerprint density at radius 1 is 1.30 bits per heavy atom. The SMILES string of the molecule is CCOc1cc(C)ccc1CNC(=NC)NCCS(=O)(=O)NCC1CCC1. The third-order valence-corrected chi connectivity index (χ3v) is 6.02. The topological polar surface area (TPSA) is 91.8 Å². The number of sulfonamides is 1. The number of ether oxygens (including phenoxy) is 1. The van der Waals surface area contributed by atoms with Crippen molar-refractivity contribution in [1.82, 2.24) is 15.4 Å². The maximum atomic E-state index is 12.0. The number of nitrogens with one attached hydrogen (secondary N) is 3. The second kappa shape index (κ2) is 10.5. The molecule has 1 aliphatic carbocycles. The highest BCUT2D eigenvalue weighted by atomic mass is 32.2. The molecule has 2 rings (SSSR count). The van der Waals surface area contributed by atoms with Crippen molar-refractivity contribution in [3.8, 4) is 5.75 Å². The predicted octanol–water partition coefficient (Wildman–Crippen LogP) is 1.78. The van der Waals surface area contributed by atoms with E-state index in [2.05, 4.69) is 20.3 Å². The second-order valence-electron chi connectivity index (χ2n) is 6.86. The number of nitrogens with zero attached hydrogens (tertiary/aromatic N) is 1. The van der Waals surface area contributed by atoms with E-state index in [1.54, 1.807) is 7.05 Å². The first-order valence-corrected chi connectivity index (χ1v) is 11.2. The fourth-order valence-corrected chi connectivity index (χ4v) is 3.82. The molecule has 1 aromatic carbocycles. The van der Waals surface area contributed by atoms with Crippen LogP contribution in [0.3, 0.4) is 0 Å². The molecule has 8 heteroatoms. The standard InChI is InChI=1S/C19H32N4O3S/c1-4-26-18-12-15(2)8-9-17(18)14-22-19(20-3)21-10-11-27(24,25)23-13-16-6-5-7-16/h8-9,12,16,23H,4-7,10-11,13-14H2,1-3H3,(H2,20,21,22). The van der Waals surface area contributed by atoms with Crippen molar-refractivity contribution < 1.29 is 13.2 Å². The molecule has 0 radical (unpaired) electrons. The molecule has 0 bridgehead atoms. The van der Waals surface area contributed by atoms with E-state index in [9.17, 15) is 8.42 Å². The lowest BCUT2D eigenvalue weighted by Gasteiger charge is -2.25. The molecule has 152 valence electrons. The first kappa shape index (κ1) is 21.5. The molecule has 1 fully saturated rings. The monoisotopic (exact) mass is 396 g/mol. The highest BCUT2D eigenvalue weighted by molar-refractivity contribution is 7.89. The third-order valence-electron chi connectivity index (χ3n) is 4.67. The zero-order valence-corrected chi connectivity index (χ0v) is 17.4. The molecule has 7 nitrogen and oxygen atoms in total. The zero-order valence-electron chi connectivity index (χ0n) is 16.5. The van der Waals surface area contributed by atoms with E-state index >= 15 is 0 Å². The summed E-state index contributed by atoms with van der Waals surface area (Å²) in [6.45, 7) is 5.99. The maximum Gasteiger partial charge on any atom is 0.213 e. The highest BCUT2D eigenvalue weighted by Gasteiger charge is 2.20. The quantitative estimate of drug-likeness (QED) is 0.414. The van der Waals surface area contributed by atoms with Crippen LogP contribution in [0.4, 0.5) is 0 Å². The molecule has 27 heavy (non-hydrogen) atoms. The Labute approximate surface area is 163 Å². The van der Waals surface area contributed by atoms with Gasteiger partial charge in [-0.25, -0.2) is 13.1 Å². The maximum absolute atomic E-state index is 12.0. The lowest BCUT2D eigenvalue weighted by molar-refractivity contribution is 0.316. The highest BCUT2D eigenvalue weighted by Crippen LogP contribution is 2.25. The lowest BCUT2D eigenvalue weighted by atomic mass is 9.86. The molecule has 0 amide bonds. The van der Waals surface area contributed by atoms with Crippen molar-refractivity contribution in [1.29, 1.82) is 0 Å². The number of benzene rings is 1. The van der Waals surface area contributed by atoms with Crippen molar-refractivity contribution in [3.05, 3.63) is 29.3 Å². The van der Waals surface area contributed by atoms with Crippen molar-refractivity contribution in [2.75, 3.05) is 32.5 Å². The molecule has 1 aliphatic rings. The van der Waals surface area contributed by atoms with Crippen LogP contribution in [0.5, 0.6) is 5.75 Å². The molecule has 0 heterocycles. The summed E-state index contributed by atoms with van der Waals surface area (Å²) in [7, 11) is -1.59. The molecule has 0 atom stereocenters. The van der Waals surface area contributed by atoms with Gasteiger partial charge in [-0.2, -0.15) is 0 Å². The van der Waals surface area contributed by atoms with Gasteiger partial charge in [-0.15, -0.1) is 0 Å². The van der Waals surface area contributed by atoms with Crippen LogP contribution in [0, 0.1) is 12.8 Å². The van der Waals surface area contributed by atoms with Crippen molar-refractivity contribution in [3.63, 3.8) is 0 Å². The van der Waals surface area contributed by atoms with Gasteiger partial charge >= 0.3 is 0 Å². The Hall–Kier alpha value is -1.80. The van der Waals surface area contributed by atoms with Crippen LogP contribution in [0.1, 0.15) is 37.3 Å². The zero-order chi connectivity index (χ0) is 19.7. The number of aliphatic imine (C=N–C) groups is 1. The van der Waals surface area contributed by atoms with E-state index in [4.69, 9.17) is 4.74 Å². The molecule has 0 unspecified atom stereocenters. The second-order valence-corrected chi connectivity index (χ2v) is 8.79. The largest absolute Gasteiger partial charge is 0.494 e. The van der Waals surface area contributed by atoms with Crippen LogP contribution in [0.2, 0.25) is 0 Å². The first-order valence-electron chi connectivity index (χ1n) is 9.57. The molecule has 0 spiro atoms. The fourth-order valence-electron chi connectivity index (χ4n) is 2.81. The molecule has 0 aliphatic heterocycles. The van der Waals surface area contributed by atoms with Gasteiger partial charge in [-0.1, -0.05) is 18.6 Å². The minimum absolute atomic E-state index is 0.0230. The third kappa shape index (κ3) is 7.38. The minimum Gasteiger partial charge on any atom is -0.494 e. The molecule has 0 saturated heterocycles. The predicted molar refractivity (Wildman–Crippen MR) is 110 cm³/mol. The van der Waals surface area contributed by atoms with Gasteiger partial charge in [-0.05, 0) is 44.2 Å². The van der Waals surface area contributed by atoms with Crippen molar-refractivity contribution >= 4 is 16.0 Å². The summed E-state index contributed by atoms with van der Waals surface area (Å²) in [6.07, 6.45) is 3.46. The van der Waals surface area contributed by atoms with Gasteiger partial charge in [-0.3, -0.25) is 4.99 Å². The van der Waals surface area contributed by atoms with E-state index in [0.717, 1.165) is 29.7 Å². The van der Waals surface area contributed by atoms with Gasteiger partial charge in [0.05, 0.1) is 12.4 Å². The number of guanidine groups is 1. The van der Waals surface area contributed by atoms with Gasteiger partial charge in [0, 0.05) is 32.2 Å². The van der Waals surface area contributed by atoms with Gasteiger partial charge < -0.3 is 15.4 Å². The summed E-state index contributed by atoms with van der Waals surface area (Å²) in [6, 6.07) is 6.07. The summed E-state index contributed by atoms with van der Waals surface area (Å²) in [4.78, 5) is 4.15. The van der Waals surface area contributed by atoms with Crippen LogP contribution in [0.15, 0.2) is 23.2 Å². The van der Waals surface area contributed by atoms with Crippen LogP contribution in [-0.2, 0) is 16.6 Å². The van der Waals surface area contributed by atoms with Gasteiger partial charge in [0.2, 0.25) is 10.0 Å². The van der Waals surface area contributed by atoms with Crippen LogP contribution < -0.4 is 20.1 Å². The van der Waals surface area contributed by atoms with E-state index in [1.807, 2.05) is 32.0 Å². The van der Waals surface area contributed by atoms with Gasteiger partial charge in [0.1, 0.15) is 5.75 Å². The smallest absolute Gasteiger partial charge is 0.213 e. The summed E-state index contributed by atoms with van der Waals surface area (Å²) in [5, 5.41) is 6.26. The van der Waals surface area contributed by atoms with E-state index in [1.165, 1.54) is 6.42 Å². The fraction of sp³-hybridized carbons (Fsp3) is 0.632. The minimum atomic E-state index is -3.26. The summed E-state index contributed by atoms with van der Waals surface area (Å²) >= 11 is 0. The van der Waals surface area contributed by atoms with E-state index in [-0.39, 0.29) is 5.75 Å². The average Bonchev–Trinajstić information content (AvgIpc) is 2.58. The Bertz CT molecular complexity index is 730.